The lowest BCUT2D eigenvalue weighted by molar-refractivity contribution is 0.944. The molecule has 15 heavy (non-hydrogen) atoms. The van der Waals surface area contributed by atoms with Crippen molar-refractivity contribution in [2.45, 2.75) is 11.4 Å². The van der Waals surface area contributed by atoms with E-state index in [-0.39, 0.29) is 12.4 Å². The molecule has 0 saturated heterocycles. The fraction of sp³-hybridized carbons (Fsp3) is 0.273. The Labute approximate surface area is 100 Å². The molecule has 2 aromatic rings. The van der Waals surface area contributed by atoms with Gasteiger partial charge in [0.2, 0.25) is 0 Å². The average Bonchev–Trinajstić information content (AvgIpc) is 2.58. The van der Waals surface area contributed by atoms with Crippen molar-refractivity contribution in [1.29, 1.82) is 0 Å². The van der Waals surface area contributed by atoms with Gasteiger partial charge < -0.3 is 10.7 Å². The lowest BCUT2D eigenvalue weighted by Crippen LogP contribution is -2.02. The Morgan fingerprint density at radius 2 is 2.07 bits per heavy atom. The second-order valence-corrected chi connectivity index (χ2v) is 4.04. The van der Waals surface area contributed by atoms with Crippen molar-refractivity contribution in [2.75, 3.05) is 12.8 Å². The maximum Gasteiger partial charge on any atom is 0.0762 e. The highest BCUT2D eigenvalue weighted by atomic mass is 35.5. The minimum atomic E-state index is 0. The summed E-state index contributed by atoms with van der Waals surface area (Å²) in [4.78, 5) is 3.41. The van der Waals surface area contributed by atoms with Gasteiger partial charge in [-0.3, -0.25) is 0 Å². The molecular formula is C11H15ClN2S. The first-order valence-electron chi connectivity index (χ1n) is 4.70. The van der Waals surface area contributed by atoms with Crippen LogP contribution in [0.15, 0.2) is 29.3 Å². The zero-order valence-electron chi connectivity index (χ0n) is 8.62. The molecule has 4 heteroatoms. The van der Waals surface area contributed by atoms with Gasteiger partial charge >= 0.3 is 0 Å². The van der Waals surface area contributed by atoms with Crippen LogP contribution < -0.4 is 5.73 Å². The van der Waals surface area contributed by atoms with E-state index >= 15 is 0 Å². The van der Waals surface area contributed by atoms with Crippen LogP contribution in [-0.4, -0.2) is 17.8 Å². The lowest BCUT2D eigenvalue weighted by atomic mass is 10.1. The molecule has 0 amide bonds. The zero-order chi connectivity index (χ0) is 9.97. The van der Waals surface area contributed by atoms with E-state index in [0.29, 0.717) is 6.54 Å². The summed E-state index contributed by atoms with van der Waals surface area (Å²) >= 11 is 1.75. The molecule has 0 fully saturated rings. The number of fused-ring (bicyclic) bond motifs is 1. The van der Waals surface area contributed by atoms with Gasteiger partial charge in [0.1, 0.15) is 0 Å². The standard InChI is InChI=1S/C11H14N2S.ClH/c1-14-11-9(6-7-12)8-4-2-3-5-10(8)13-11;/h2-5,13H,6-7,12H2,1H3;1H. The summed E-state index contributed by atoms with van der Waals surface area (Å²) in [6, 6.07) is 8.38. The molecule has 0 aliphatic heterocycles. The number of thioether (sulfide) groups is 1. The quantitative estimate of drug-likeness (QED) is 0.813. The lowest BCUT2D eigenvalue weighted by Gasteiger charge is -1.98. The SMILES string of the molecule is CSc1[nH]c2ccccc2c1CCN.Cl. The fourth-order valence-electron chi connectivity index (χ4n) is 1.74. The van der Waals surface area contributed by atoms with Crippen molar-refractivity contribution in [3.63, 3.8) is 0 Å². The summed E-state index contributed by atoms with van der Waals surface area (Å²) in [5, 5.41) is 2.55. The Morgan fingerprint density at radius 1 is 1.33 bits per heavy atom. The number of aromatic amines is 1. The molecule has 2 rings (SSSR count). The predicted molar refractivity (Wildman–Crippen MR) is 70.1 cm³/mol. The molecule has 0 saturated carbocycles. The predicted octanol–water partition coefficient (Wildman–Crippen LogP) is 2.81. The number of H-pyrrole nitrogens is 1. The van der Waals surface area contributed by atoms with Crippen LogP contribution in [0.4, 0.5) is 0 Å². The zero-order valence-corrected chi connectivity index (χ0v) is 10.3. The van der Waals surface area contributed by atoms with E-state index < -0.39 is 0 Å². The van der Waals surface area contributed by atoms with Gasteiger partial charge in [-0.05, 0) is 30.9 Å². The highest BCUT2D eigenvalue weighted by Crippen LogP contribution is 2.28. The molecule has 82 valence electrons. The molecule has 0 radical (unpaired) electrons. The second-order valence-electron chi connectivity index (χ2n) is 3.22. The molecule has 0 spiro atoms. The van der Waals surface area contributed by atoms with Gasteiger partial charge in [0.15, 0.2) is 0 Å². The van der Waals surface area contributed by atoms with Crippen LogP contribution in [0.5, 0.6) is 0 Å². The van der Waals surface area contributed by atoms with Crippen LogP contribution in [0.25, 0.3) is 10.9 Å². The number of rotatable bonds is 3. The van der Waals surface area contributed by atoms with Gasteiger partial charge in [-0.15, -0.1) is 24.2 Å². The van der Waals surface area contributed by atoms with E-state index in [1.807, 2.05) is 0 Å². The molecule has 1 aromatic heterocycles. The van der Waals surface area contributed by atoms with Gasteiger partial charge in [-0.1, -0.05) is 18.2 Å². The number of hydrogen-bond acceptors (Lipinski definition) is 2. The van der Waals surface area contributed by atoms with Crippen molar-refractivity contribution < 1.29 is 0 Å². The topological polar surface area (TPSA) is 41.8 Å². The smallest absolute Gasteiger partial charge is 0.0762 e. The van der Waals surface area contributed by atoms with Gasteiger partial charge in [0.25, 0.3) is 0 Å². The first kappa shape index (κ1) is 12.4. The monoisotopic (exact) mass is 242 g/mol. The molecule has 0 atom stereocenters. The molecule has 0 unspecified atom stereocenters. The molecule has 0 bridgehead atoms. The number of para-hydroxylation sites is 1. The van der Waals surface area contributed by atoms with Crippen LogP contribution in [0, 0.1) is 0 Å². The summed E-state index contributed by atoms with van der Waals surface area (Å²) in [6.45, 7) is 0.704. The fourth-order valence-corrected chi connectivity index (χ4v) is 2.41. The number of aromatic nitrogens is 1. The Balaban J connectivity index is 0.00000112. The van der Waals surface area contributed by atoms with Crippen molar-refractivity contribution in [1.82, 2.24) is 4.98 Å². The van der Waals surface area contributed by atoms with Crippen molar-refractivity contribution >= 4 is 35.1 Å². The average molecular weight is 243 g/mol. The molecule has 1 heterocycles. The van der Waals surface area contributed by atoms with E-state index in [4.69, 9.17) is 5.73 Å². The van der Waals surface area contributed by atoms with Gasteiger partial charge in [0.05, 0.1) is 5.03 Å². The summed E-state index contributed by atoms with van der Waals surface area (Å²) in [7, 11) is 0. The molecule has 1 aromatic carbocycles. The molecule has 0 aliphatic carbocycles. The third-order valence-electron chi connectivity index (χ3n) is 2.37. The molecule has 0 aliphatic rings. The second kappa shape index (κ2) is 5.45. The Morgan fingerprint density at radius 3 is 2.73 bits per heavy atom. The van der Waals surface area contributed by atoms with Crippen LogP contribution in [-0.2, 0) is 6.42 Å². The number of nitrogens with two attached hydrogens (primary N) is 1. The van der Waals surface area contributed by atoms with E-state index in [2.05, 4.69) is 35.5 Å². The van der Waals surface area contributed by atoms with Crippen LogP contribution in [0.1, 0.15) is 5.56 Å². The molecule has 2 nitrogen and oxygen atoms in total. The van der Waals surface area contributed by atoms with Crippen LogP contribution in [0.3, 0.4) is 0 Å². The van der Waals surface area contributed by atoms with Crippen molar-refractivity contribution in [3.8, 4) is 0 Å². The highest BCUT2D eigenvalue weighted by molar-refractivity contribution is 7.98. The largest absolute Gasteiger partial charge is 0.350 e. The Hall–Kier alpha value is -0.640. The third kappa shape index (κ3) is 2.30. The summed E-state index contributed by atoms with van der Waals surface area (Å²) in [5.74, 6) is 0. The first-order valence-corrected chi connectivity index (χ1v) is 5.93. The molecular weight excluding hydrogens is 228 g/mol. The maximum atomic E-state index is 5.61. The highest BCUT2D eigenvalue weighted by Gasteiger charge is 2.08. The maximum absolute atomic E-state index is 5.61. The minimum Gasteiger partial charge on any atom is -0.350 e. The van der Waals surface area contributed by atoms with Gasteiger partial charge in [0, 0.05) is 10.9 Å². The molecule has 3 N–H and O–H groups in total. The summed E-state index contributed by atoms with van der Waals surface area (Å²) in [6.07, 6.45) is 3.03. The van der Waals surface area contributed by atoms with E-state index in [1.165, 1.54) is 21.5 Å². The number of nitrogens with one attached hydrogen (secondary N) is 1. The van der Waals surface area contributed by atoms with Gasteiger partial charge in [-0.2, -0.15) is 0 Å². The van der Waals surface area contributed by atoms with E-state index in [0.717, 1.165) is 6.42 Å². The van der Waals surface area contributed by atoms with Crippen LogP contribution >= 0.6 is 24.2 Å². The van der Waals surface area contributed by atoms with Crippen molar-refractivity contribution in [3.05, 3.63) is 29.8 Å². The van der Waals surface area contributed by atoms with Crippen molar-refractivity contribution in [2.24, 2.45) is 5.73 Å². The summed E-state index contributed by atoms with van der Waals surface area (Å²) < 4.78 is 0. The van der Waals surface area contributed by atoms with Gasteiger partial charge in [-0.25, -0.2) is 0 Å². The van der Waals surface area contributed by atoms with Crippen LogP contribution in [0.2, 0.25) is 0 Å². The normalized spacial score (nSPS) is 10.3. The first-order chi connectivity index (χ1) is 6.86. The minimum absolute atomic E-state index is 0. The Bertz CT molecular complexity index is 439. The van der Waals surface area contributed by atoms with E-state index in [9.17, 15) is 0 Å². The Kier molecular flexibility index (Phi) is 4.51. The number of hydrogen-bond donors (Lipinski definition) is 2. The third-order valence-corrected chi connectivity index (χ3v) is 3.13. The summed E-state index contributed by atoms with van der Waals surface area (Å²) in [5.41, 5.74) is 8.18. The number of benzene rings is 1. The number of halogens is 1. The van der Waals surface area contributed by atoms with E-state index in [1.54, 1.807) is 11.8 Å².